The average molecular weight is 353 g/mol. The van der Waals surface area contributed by atoms with Crippen molar-refractivity contribution in [2.24, 2.45) is 0 Å². The molecule has 0 spiro atoms. The zero-order valence-electron chi connectivity index (χ0n) is 16.0. The lowest BCUT2D eigenvalue weighted by Gasteiger charge is -2.16. The molecule has 1 atom stereocenters. The second-order valence-electron chi connectivity index (χ2n) is 6.90. The van der Waals surface area contributed by atoms with Gasteiger partial charge in [-0.25, -0.2) is 4.79 Å². The summed E-state index contributed by atoms with van der Waals surface area (Å²) in [5.74, 6) is 0.0684. The minimum Gasteiger partial charge on any atom is -0.374 e. The Bertz CT molecular complexity index is 782. The van der Waals surface area contributed by atoms with Crippen LogP contribution in [-0.4, -0.2) is 18.0 Å². The van der Waals surface area contributed by atoms with Crippen LogP contribution in [0.15, 0.2) is 42.5 Å². The van der Waals surface area contributed by atoms with E-state index in [0.717, 1.165) is 16.8 Å². The number of carbonyl (C=O) groups is 2. The summed E-state index contributed by atoms with van der Waals surface area (Å²) < 4.78 is 0. The van der Waals surface area contributed by atoms with E-state index < -0.39 is 12.1 Å². The van der Waals surface area contributed by atoms with Crippen LogP contribution in [0, 0.1) is 13.8 Å². The number of rotatable bonds is 5. The predicted molar refractivity (Wildman–Crippen MR) is 107 cm³/mol. The molecule has 0 bridgehead atoms. The monoisotopic (exact) mass is 353 g/mol. The van der Waals surface area contributed by atoms with Gasteiger partial charge in [-0.05, 0) is 56.0 Å². The van der Waals surface area contributed by atoms with Gasteiger partial charge in [0.2, 0.25) is 5.91 Å². The maximum absolute atomic E-state index is 12.2. The number of carbonyl (C=O) groups excluding carboxylic acids is 2. The van der Waals surface area contributed by atoms with Gasteiger partial charge in [0.15, 0.2) is 0 Å². The summed E-state index contributed by atoms with van der Waals surface area (Å²) in [6, 6.07) is 12.6. The Balaban J connectivity index is 1.90. The highest BCUT2D eigenvalue weighted by Gasteiger charge is 2.16. The lowest BCUT2D eigenvalue weighted by atomic mass is 10.0. The van der Waals surface area contributed by atoms with Crippen molar-refractivity contribution in [3.8, 4) is 0 Å². The van der Waals surface area contributed by atoms with Gasteiger partial charge in [-0.3, -0.25) is 10.1 Å². The fraction of sp³-hybridized carbons (Fsp3) is 0.333. The van der Waals surface area contributed by atoms with Crippen LogP contribution in [-0.2, 0) is 4.79 Å². The molecule has 0 aromatic heterocycles. The molecule has 2 aromatic carbocycles. The van der Waals surface area contributed by atoms with Crippen molar-refractivity contribution in [3.05, 3.63) is 59.2 Å². The predicted octanol–water partition coefficient (Wildman–Crippen LogP) is 4.58. The van der Waals surface area contributed by atoms with Crippen LogP contribution in [0.2, 0.25) is 0 Å². The third kappa shape index (κ3) is 5.34. The zero-order chi connectivity index (χ0) is 19.3. The van der Waals surface area contributed by atoms with Crippen molar-refractivity contribution < 1.29 is 9.59 Å². The molecule has 3 N–H and O–H groups in total. The number of amides is 3. The Morgan fingerprint density at radius 1 is 0.923 bits per heavy atom. The third-order valence-electron chi connectivity index (χ3n) is 4.22. The Morgan fingerprint density at radius 2 is 1.58 bits per heavy atom. The lowest BCUT2D eigenvalue weighted by molar-refractivity contribution is -0.120. The number of anilines is 2. The standard InChI is InChI=1S/C21H27N3O2/c1-13(2)17-7-9-18(10-8-17)22-16(5)20(25)24-21(26)23-19-11-6-14(3)12-15(19)4/h6-13,16,22H,1-5H3,(H2,23,24,25,26). The van der Waals surface area contributed by atoms with E-state index in [2.05, 4.69) is 29.8 Å². The summed E-state index contributed by atoms with van der Waals surface area (Å²) in [5.41, 5.74) is 4.83. The Morgan fingerprint density at radius 3 is 2.15 bits per heavy atom. The van der Waals surface area contributed by atoms with E-state index in [-0.39, 0.29) is 5.91 Å². The van der Waals surface area contributed by atoms with Crippen LogP contribution in [0.5, 0.6) is 0 Å². The van der Waals surface area contributed by atoms with E-state index in [1.807, 2.05) is 56.3 Å². The molecule has 1 unspecified atom stereocenters. The molecule has 5 nitrogen and oxygen atoms in total. The molecule has 0 saturated heterocycles. The van der Waals surface area contributed by atoms with Gasteiger partial charge in [-0.2, -0.15) is 0 Å². The van der Waals surface area contributed by atoms with Gasteiger partial charge in [0.05, 0.1) is 0 Å². The lowest BCUT2D eigenvalue weighted by Crippen LogP contribution is -2.43. The van der Waals surface area contributed by atoms with Gasteiger partial charge in [0.25, 0.3) is 0 Å². The zero-order valence-corrected chi connectivity index (χ0v) is 16.0. The average Bonchev–Trinajstić information content (AvgIpc) is 2.57. The van der Waals surface area contributed by atoms with E-state index >= 15 is 0 Å². The highest BCUT2D eigenvalue weighted by molar-refractivity contribution is 6.03. The van der Waals surface area contributed by atoms with Crippen LogP contribution in [0.3, 0.4) is 0 Å². The van der Waals surface area contributed by atoms with Crippen molar-refractivity contribution >= 4 is 23.3 Å². The molecule has 26 heavy (non-hydrogen) atoms. The molecule has 0 saturated carbocycles. The summed E-state index contributed by atoms with van der Waals surface area (Å²) >= 11 is 0. The van der Waals surface area contributed by atoms with Crippen LogP contribution in [0.25, 0.3) is 0 Å². The van der Waals surface area contributed by atoms with Gasteiger partial charge in [-0.1, -0.05) is 43.7 Å². The first-order valence-electron chi connectivity index (χ1n) is 8.82. The first-order chi connectivity index (χ1) is 12.3. The van der Waals surface area contributed by atoms with Gasteiger partial charge < -0.3 is 10.6 Å². The highest BCUT2D eigenvalue weighted by Crippen LogP contribution is 2.18. The molecule has 5 heteroatoms. The molecule has 0 heterocycles. The number of imide groups is 1. The molecule has 0 fully saturated rings. The second-order valence-corrected chi connectivity index (χ2v) is 6.90. The fourth-order valence-electron chi connectivity index (χ4n) is 2.61. The molecule has 0 aliphatic rings. The number of urea groups is 1. The number of hydrogen-bond donors (Lipinski definition) is 3. The second kappa shape index (κ2) is 8.52. The molecular formula is C21H27N3O2. The number of aryl methyl sites for hydroxylation is 2. The Hall–Kier alpha value is -2.82. The van der Waals surface area contributed by atoms with E-state index in [4.69, 9.17) is 0 Å². The van der Waals surface area contributed by atoms with Crippen molar-refractivity contribution in [2.45, 2.75) is 46.6 Å². The van der Waals surface area contributed by atoms with E-state index in [9.17, 15) is 9.59 Å². The Labute approximate surface area is 155 Å². The topological polar surface area (TPSA) is 70.2 Å². The summed E-state index contributed by atoms with van der Waals surface area (Å²) in [6.07, 6.45) is 0. The number of hydrogen-bond acceptors (Lipinski definition) is 3. The first-order valence-corrected chi connectivity index (χ1v) is 8.82. The molecular weight excluding hydrogens is 326 g/mol. The SMILES string of the molecule is Cc1ccc(NC(=O)NC(=O)C(C)Nc2ccc(C(C)C)cc2)c(C)c1. The quantitative estimate of drug-likeness (QED) is 0.737. The van der Waals surface area contributed by atoms with E-state index in [1.165, 1.54) is 5.56 Å². The molecule has 0 aliphatic heterocycles. The van der Waals surface area contributed by atoms with Crippen molar-refractivity contribution in [1.29, 1.82) is 0 Å². The van der Waals surface area contributed by atoms with Gasteiger partial charge >= 0.3 is 6.03 Å². The van der Waals surface area contributed by atoms with Crippen molar-refractivity contribution in [2.75, 3.05) is 10.6 Å². The van der Waals surface area contributed by atoms with Crippen molar-refractivity contribution in [1.82, 2.24) is 5.32 Å². The van der Waals surface area contributed by atoms with Gasteiger partial charge in [0.1, 0.15) is 6.04 Å². The fourth-order valence-corrected chi connectivity index (χ4v) is 2.61. The summed E-state index contributed by atoms with van der Waals surface area (Å²) in [6.45, 7) is 9.88. The molecule has 2 rings (SSSR count). The molecule has 0 radical (unpaired) electrons. The van der Waals surface area contributed by atoms with E-state index in [1.54, 1.807) is 6.92 Å². The van der Waals surface area contributed by atoms with Crippen LogP contribution < -0.4 is 16.0 Å². The largest absolute Gasteiger partial charge is 0.374 e. The normalized spacial score (nSPS) is 11.8. The minimum atomic E-state index is -0.537. The number of nitrogens with one attached hydrogen (secondary N) is 3. The van der Waals surface area contributed by atoms with E-state index in [0.29, 0.717) is 11.6 Å². The van der Waals surface area contributed by atoms with Crippen LogP contribution in [0.1, 0.15) is 43.4 Å². The summed E-state index contributed by atoms with van der Waals surface area (Å²) in [4.78, 5) is 24.3. The van der Waals surface area contributed by atoms with Gasteiger partial charge in [-0.15, -0.1) is 0 Å². The summed E-state index contributed by atoms with van der Waals surface area (Å²) in [7, 11) is 0. The maximum Gasteiger partial charge on any atom is 0.325 e. The smallest absolute Gasteiger partial charge is 0.325 e. The van der Waals surface area contributed by atoms with Gasteiger partial charge in [0, 0.05) is 11.4 Å². The minimum absolute atomic E-state index is 0.389. The first kappa shape index (κ1) is 19.5. The molecule has 3 amide bonds. The third-order valence-corrected chi connectivity index (χ3v) is 4.22. The molecule has 0 aliphatic carbocycles. The van der Waals surface area contributed by atoms with Crippen LogP contribution in [0.4, 0.5) is 16.2 Å². The highest BCUT2D eigenvalue weighted by atomic mass is 16.2. The molecule has 2 aromatic rings. The summed E-state index contributed by atoms with van der Waals surface area (Å²) in [5, 5.41) is 8.18. The molecule has 138 valence electrons. The number of benzene rings is 2. The maximum atomic E-state index is 12.2. The van der Waals surface area contributed by atoms with Crippen LogP contribution >= 0.6 is 0 Å². The Kier molecular flexibility index (Phi) is 6.39. The van der Waals surface area contributed by atoms with Crippen molar-refractivity contribution in [3.63, 3.8) is 0 Å².